The van der Waals surface area contributed by atoms with Crippen LogP contribution in [0.25, 0.3) is 0 Å². The van der Waals surface area contributed by atoms with Gasteiger partial charge in [0.1, 0.15) is 18.3 Å². The molecule has 0 aliphatic rings. The van der Waals surface area contributed by atoms with Crippen LogP contribution in [0.4, 0.5) is 5.69 Å². The van der Waals surface area contributed by atoms with E-state index in [1.165, 1.54) is 42.3 Å². The normalized spacial score (nSPS) is 12.0. The summed E-state index contributed by atoms with van der Waals surface area (Å²) in [7, 11) is -2.85. The van der Waals surface area contributed by atoms with Gasteiger partial charge in [0.05, 0.1) is 17.7 Å². The number of rotatable bonds is 14. The first kappa shape index (κ1) is 36.1. The molecule has 0 radical (unpaired) electrons. The van der Waals surface area contributed by atoms with Crippen molar-refractivity contribution in [1.82, 2.24) is 10.2 Å². The summed E-state index contributed by atoms with van der Waals surface area (Å²) < 4.78 is 34.6. The Kier molecular flexibility index (Phi) is 12.6. The van der Waals surface area contributed by atoms with E-state index in [0.717, 1.165) is 9.87 Å². The third-order valence-electron chi connectivity index (χ3n) is 7.37. The number of nitrogens with zero attached hydrogens (tertiary/aromatic N) is 2. The Morgan fingerprint density at radius 3 is 2.09 bits per heavy atom. The lowest BCUT2D eigenvalue weighted by Crippen LogP contribution is -2.53. The molecule has 4 aromatic carbocycles. The van der Waals surface area contributed by atoms with Gasteiger partial charge >= 0.3 is 0 Å². The van der Waals surface area contributed by atoms with Gasteiger partial charge in [-0.15, -0.1) is 0 Å². The van der Waals surface area contributed by atoms with Gasteiger partial charge in [0.25, 0.3) is 10.0 Å². The highest BCUT2D eigenvalue weighted by Gasteiger charge is 2.35. The first-order valence-electron chi connectivity index (χ1n) is 14.9. The van der Waals surface area contributed by atoms with Gasteiger partial charge in [-0.1, -0.05) is 91.1 Å². The summed E-state index contributed by atoms with van der Waals surface area (Å²) in [4.78, 5) is 29.8. The summed E-state index contributed by atoms with van der Waals surface area (Å²) in [6.07, 6.45) is 0.154. The van der Waals surface area contributed by atoms with Gasteiger partial charge in [0.2, 0.25) is 11.8 Å². The van der Waals surface area contributed by atoms with E-state index in [4.69, 9.17) is 39.5 Å². The number of halogens is 3. The zero-order chi connectivity index (χ0) is 34.1. The molecule has 8 nitrogen and oxygen atoms in total. The van der Waals surface area contributed by atoms with Crippen molar-refractivity contribution >= 4 is 62.3 Å². The van der Waals surface area contributed by atoms with Crippen molar-refractivity contribution in [3.8, 4) is 5.75 Å². The van der Waals surface area contributed by atoms with Crippen molar-refractivity contribution in [3.63, 3.8) is 0 Å². The van der Waals surface area contributed by atoms with Crippen LogP contribution in [0.1, 0.15) is 25.0 Å². The molecule has 0 aromatic heterocycles. The number of hydrogen-bond acceptors (Lipinski definition) is 5. The van der Waals surface area contributed by atoms with Crippen LogP contribution >= 0.6 is 34.8 Å². The lowest BCUT2D eigenvalue weighted by atomic mass is 10.0. The van der Waals surface area contributed by atoms with Gasteiger partial charge in [-0.05, 0) is 66.1 Å². The number of amides is 2. The number of ether oxygens (including phenoxy) is 1. The van der Waals surface area contributed by atoms with E-state index in [9.17, 15) is 18.0 Å². The molecule has 47 heavy (non-hydrogen) atoms. The van der Waals surface area contributed by atoms with Crippen molar-refractivity contribution in [3.05, 3.63) is 123 Å². The van der Waals surface area contributed by atoms with Crippen LogP contribution in [0.3, 0.4) is 0 Å². The quantitative estimate of drug-likeness (QED) is 0.148. The Hall–Kier alpha value is -3.76. The minimum absolute atomic E-state index is 0.0673. The molecule has 2 amide bonds. The SMILES string of the molecule is COc1ccc(S(=O)(=O)N(CC(=O)N(Cc2c(Cl)cccc2Cl)[C@H](Cc2ccccc2)C(=O)NCC(C)C)c2cccc(Cl)c2)cc1. The Balaban J connectivity index is 1.83. The van der Waals surface area contributed by atoms with Crippen LogP contribution in [0.15, 0.2) is 102 Å². The molecule has 0 fully saturated rings. The minimum Gasteiger partial charge on any atom is -0.497 e. The van der Waals surface area contributed by atoms with E-state index < -0.39 is 34.4 Å². The van der Waals surface area contributed by atoms with Crippen LogP contribution in [0, 0.1) is 5.92 Å². The van der Waals surface area contributed by atoms with E-state index in [1.807, 2.05) is 44.2 Å². The van der Waals surface area contributed by atoms with E-state index in [0.29, 0.717) is 27.9 Å². The predicted octanol–water partition coefficient (Wildman–Crippen LogP) is 7.26. The number of benzene rings is 4. The third kappa shape index (κ3) is 9.41. The van der Waals surface area contributed by atoms with Crippen LogP contribution in [-0.4, -0.2) is 51.4 Å². The third-order valence-corrected chi connectivity index (χ3v) is 10.1. The monoisotopic (exact) mass is 715 g/mol. The largest absolute Gasteiger partial charge is 0.497 e. The highest BCUT2D eigenvalue weighted by molar-refractivity contribution is 7.92. The summed E-state index contributed by atoms with van der Waals surface area (Å²) in [6, 6.07) is 25.2. The van der Waals surface area contributed by atoms with Gasteiger partial charge in [0.15, 0.2) is 0 Å². The van der Waals surface area contributed by atoms with Gasteiger partial charge < -0.3 is 15.0 Å². The molecule has 4 rings (SSSR count). The molecule has 0 saturated heterocycles. The molecule has 0 unspecified atom stereocenters. The zero-order valence-electron chi connectivity index (χ0n) is 26.2. The molecule has 0 aliphatic carbocycles. The van der Waals surface area contributed by atoms with Gasteiger partial charge in [-0.2, -0.15) is 0 Å². The number of hydrogen-bond donors (Lipinski definition) is 1. The van der Waals surface area contributed by atoms with Gasteiger partial charge in [0, 0.05) is 40.1 Å². The zero-order valence-corrected chi connectivity index (χ0v) is 29.3. The summed E-state index contributed by atoms with van der Waals surface area (Å²) in [5, 5.41) is 3.83. The van der Waals surface area contributed by atoms with E-state index >= 15 is 0 Å². The molecule has 12 heteroatoms. The molecule has 4 aromatic rings. The molecule has 248 valence electrons. The number of methoxy groups -OCH3 is 1. The maximum absolute atomic E-state index is 14.6. The molecule has 0 aliphatic heterocycles. The van der Waals surface area contributed by atoms with E-state index in [1.54, 1.807) is 36.4 Å². The van der Waals surface area contributed by atoms with E-state index in [2.05, 4.69) is 5.32 Å². The average molecular weight is 717 g/mol. The van der Waals surface area contributed by atoms with Crippen molar-refractivity contribution in [1.29, 1.82) is 0 Å². The maximum atomic E-state index is 14.6. The number of nitrogens with one attached hydrogen (secondary N) is 1. The summed E-state index contributed by atoms with van der Waals surface area (Å²) in [5.74, 6) is -0.440. The van der Waals surface area contributed by atoms with Crippen molar-refractivity contribution in [2.75, 3.05) is 24.5 Å². The first-order chi connectivity index (χ1) is 22.4. The first-order valence-corrected chi connectivity index (χ1v) is 17.4. The molecule has 1 N–H and O–H groups in total. The fourth-order valence-electron chi connectivity index (χ4n) is 4.87. The van der Waals surface area contributed by atoms with Crippen LogP contribution in [0.5, 0.6) is 5.75 Å². The Morgan fingerprint density at radius 1 is 0.851 bits per heavy atom. The summed E-state index contributed by atoms with van der Waals surface area (Å²) in [5.41, 5.74) is 1.39. The smallest absolute Gasteiger partial charge is 0.264 e. The number of anilines is 1. The van der Waals surface area contributed by atoms with Crippen molar-refractivity contribution in [2.45, 2.75) is 37.8 Å². The highest BCUT2D eigenvalue weighted by Crippen LogP contribution is 2.30. The molecule has 0 heterocycles. The molecule has 0 saturated carbocycles. The fourth-order valence-corrected chi connectivity index (χ4v) is 6.97. The summed E-state index contributed by atoms with van der Waals surface area (Å²) >= 11 is 19.4. The van der Waals surface area contributed by atoms with Gasteiger partial charge in [-0.25, -0.2) is 8.42 Å². The van der Waals surface area contributed by atoms with Crippen molar-refractivity contribution in [2.24, 2.45) is 5.92 Å². The second-order valence-corrected chi connectivity index (χ2v) is 14.3. The molecule has 0 bridgehead atoms. The standard InChI is InChI=1S/C35H36Cl3N3O5S/c1-24(2)21-39-35(43)33(19-25-9-5-4-6-10-25)40(22-30-31(37)13-8-14-32(30)38)34(42)23-41(27-12-7-11-26(36)20-27)47(44,45)29-17-15-28(46-3)16-18-29/h4-18,20,24,33H,19,21-23H2,1-3H3,(H,39,43)/t33-/m1/s1. The molecule has 1 atom stereocenters. The molecule has 0 spiro atoms. The Bertz CT molecular complexity index is 1770. The second-order valence-electron chi connectivity index (χ2n) is 11.2. The highest BCUT2D eigenvalue weighted by atomic mass is 35.5. The molecular formula is C35H36Cl3N3O5S. The lowest BCUT2D eigenvalue weighted by Gasteiger charge is -2.34. The lowest BCUT2D eigenvalue weighted by molar-refractivity contribution is -0.140. The predicted molar refractivity (Wildman–Crippen MR) is 188 cm³/mol. The van der Waals surface area contributed by atoms with Crippen LogP contribution < -0.4 is 14.4 Å². The van der Waals surface area contributed by atoms with Gasteiger partial charge in [-0.3, -0.25) is 13.9 Å². The maximum Gasteiger partial charge on any atom is 0.264 e. The number of carbonyl (C=O) groups is 2. The topological polar surface area (TPSA) is 96.0 Å². The summed E-state index contributed by atoms with van der Waals surface area (Å²) in [6.45, 7) is 3.49. The number of sulfonamides is 1. The van der Waals surface area contributed by atoms with Crippen molar-refractivity contribution < 1.29 is 22.7 Å². The fraction of sp³-hybridized carbons (Fsp3) is 0.257. The van der Waals surface area contributed by atoms with E-state index in [-0.39, 0.29) is 34.5 Å². The Morgan fingerprint density at radius 2 is 1.49 bits per heavy atom. The number of carbonyl (C=O) groups excluding carboxylic acids is 2. The second kappa shape index (κ2) is 16.4. The average Bonchev–Trinajstić information content (AvgIpc) is 3.05. The molecular weight excluding hydrogens is 681 g/mol. The van der Waals surface area contributed by atoms with Crippen LogP contribution in [0.2, 0.25) is 15.1 Å². The Labute approximate surface area is 291 Å². The minimum atomic E-state index is -4.32. The van der Waals surface area contributed by atoms with Crippen LogP contribution in [-0.2, 0) is 32.6 Å².